The number of carbonyl (C=O) groups is 1. The molecule has 0 bridgehead atoms. The van der Waals surface area contributed by atoms with Crippen LogP contribution in [0.2, 0.25) is 0 Å². The Bertz CT molecular complexity index is 2060. The Morgan fingerprint density at radius 2 is 1.66 bits per heavy atom. The van der Waals surface area contributed by atoms with Gasteiger partial charge in [0.05, 0.1) is 24.3 Å². The molecule has 0 amide bonds. The molecule has 1 aliphatic heterocycles. The molecule has 11 nitrogen and oxygen atoms in total. The first-order chi connectivity index (χ1) is 22.9. The smallest absolute Gasteiger partial charge is 0.164 e. The minimum absolute atomic E-state index is 0.433. The number of anilines is 2. The van der Waals surface area contributed by atoms with Gasteiger partial charge in [0.1, 0.15) is 12.4 Å². The van der Waals surface area contributed by atoms with Crippen molar-refractivity contribution in [3.63, 3.8) is 0 Å². The second-order valence-corrected chi connectivity index (χ2v) is 11.6. The zero-order valence-electron chi connectivity index (χ0n) is 26.2. The fraction of sp³-hybridized carbons (Fsp3) is 0.222. The van der Waals surface area contributed by atoms with Gasteiger partial charge < -0.3 is 29.6 Å². The summed E-state index contributed by atoms with van der Waals surface area (Å²) in [5, 5.41) is 20.3. The highest BCUT2D eigenvalue weighted by molar-refractivity contribution is 5.96. The number of piperazine rings is 1. The van der Waals surface area contributed by atoms with Crippen LogP contribution in [-0.2, 0) is 0 Å². The molecule has 1 saturated heterocycles. The molecule has 4 aromatic carbocycles. The minimum Gasteiger partial charge on any atom is -0.528 e. The van der Waals surface area contributed by atoms with Gasteiger partial charge in [-0.25, -0.2) is 14.6 Å². The van der Waals surface area contributed by atoms with E-state index < -0.39 is 6.09 Å². The van der Waals surface area contributed by atoms with E-state index in [1.807, 2.05) is 48.5 Å². The second-order valence-electron chi connectivity index (χ2n) is 11.6. The Kier molecular flexibility index (Phi) is 8.38. The standard InChI is InChI=1S/C36H35N7O4/c1-41-13-15-42(16-14-41)17-18-47-33-21-29-30(22-32(33)46-2)39-34(26-10-6-9-25(19-26)24-7-4-3-5-8-24)40-35(29)38-28-11-12-31-27(20-28)23-37-43(31)36(44)45/h3-12,19-23H,13-18H2,1-2H3,(H,44,45)(H,38,39,40)/p-1. The van der Waals surface area contributed by atoms with E-state index in [4.69, 9.17) is 19.4 Å². The van der Waals surface area contributed by atoms with Crippen LogP contribution in [0.4, 0.5) is 16.3 Å². The number of ether oxygens (including phenoxy) is 2. The van der Waals surface area contributed by atoms with E-state index in [-0.39, 0.29) is 0 Å². The number of nitrogens with zero attached hydrogens (tertiary/aromatic N) is 6. The van der Waals surface area contributed by atoms with Gasteiger partial charge in [-0.1, -0.05) is 48.5 Å². The minimum atomic E-state index is -1.39. The SMILES string of the molecule is COc1cc2nc(-c3cccc(-c4ccccc4)c3)nc(Nc3ccc4c(cnn4C(=O)[O-])c3)c2cc1OCCN1CCN(C)CC1. The predicted octanol–water partition coefficient (Wildman–Crippen LogP) is 4.88. The van der Waals surface area contributed by atoms with Gasteiger partial charge in [-0.3, -0.25) is 4.90 Å². The highest BCUT2D eigenvalue weighted by atomic mass is 16.5. The number of carbonyl (C=O) groups excluding carboxylic acids is 1. The van der Waals surface area contributed by atoms with Crippen molar-refractivity contribution in [3.8, 4) is 34.0 Å². The summed E-state index contributed by atoms with van der Waals surface area (Å²) in [5.74, 6) is 2.29. The highest BCUT2D eigenvalue weighted by Gasteiger charge is 2.18. The van der Waals surface area contributed by atoms with Crippen LogP contribution in [0, 0.1) is 0 Å². The molecule has 1 aliphatic rings. The summed E-state index contributed by atoms with van der Waals surface area (Å²) < 4.78 is 12.9. The Hall–Kier alpha value is -5.52. The molecular formula is C36H34N7O4-. The number of hydrogen-bond donors (Lipinski definition) is 1. The average molecular weight is 629 g/mol. The van der Waals surface area contributed by atoms with Gasteiger partial charge in [0.25, 0.3) is 0 Å². The summed E-state index contributed by atoms with van der Waals surface area (Å²) in [7, 11) is 3.77. The lowest BCUT2D eigenvalue weighted by Gasteiger charge is -2.32. The zero-order valence-corrected chi connectivity index (χ0v) is 26.2. The van der Waals surface area contributed by atoms with E-state index in [0.29, 0.717) is 51.9 Å². The second kappa shape index (κ2) is 13.1. The van der Waals surface area contributed by atoms with Crippen molar-refractivity contribution in [1.29, 1.82) is 0 Å². The van der Waals surface area contributed by atoms with E-state index in [1.54, 1.807) is 19.2 Å². The molecule has 1 N–H and O–H groups in total. The largest absolute Gasteiger partial charge is 0.528 e. The first-order valence-electron chi connectivity index (χ1n) is 15.5. The zero-order chi connectivity index (χ0) is 32.3. The first-order valence-corrected chi connectivity index (χ1v) is 15.5. The maximum atomic E-state index is 11.5. The summed E-state index contributed by atoms with van der Waals surface area (Å²) in [5.41, 5.74) is 4.82. The van der Waals surface area contributed by atoms with Crippen molar-refractivity contribution in [2.24, 2.45) is 0 Å². The summed E-state index contributed by atoms with van der Waals surface area (Å²) in [4.78, 5) is 26.2. The van der Waals surface area contributed by atoms with Gasteiger partial charge >= 0.3 is 0 Å². The summed E-state index contributed by atoms with van der Waals surface area (Å²) >= 11 is 0. The van der Waals surface area contributed by atoms with Crippen LogP contribution in [-0.4, -0.2) is 89.1 Å². The molecule has 0 saturated carbocycles. The van der Waals surface area contributed by atoms with Crippen molar-refractivity contribution < 1.29 is 19.4 Å². The molecule has 0 spiro atoms. The highest BCUT2D eigenvalue weighted by Crippen LogP contribution is 2.37. The Balaban J connectivity index is 1.27. The van der Waals surface area contributed by atoms with Crippen LogP contribution in [0.15, 0.2) is 91.1 Å². The van der Waals surface area contributed by atoms with Crippen LogP contribution < -0.4 is 19.9 Å². The molecule has 0 unspecified atom stereocenters. The fourth-order valence-electron chi connectivity index (χ4n) is 5.85. The normalized spacial score (nSPS) is 14.0. The van der Waals surface area contributed by atoms with Crippen LogP contribution in [0.1, 0.15) is 0 Å². The molecule has 0 aliphatic carbocycles. The molecule has 47 heavy (non-hydrogen) atoms. The molecule has 0 atom stereocenters. The molecule has 7 rings (SSSR count). The fourth-order valence-corrected chi connectivity index (χ4v) is 5.85. The van der Waals surface area contributed by atoms with Crippen LogP contribution in [0.5, 0.6) is 11.5 Å². The molecule has 6 aromatic rings. The van der Waals surface area contributed by atoms with Gasteiger partial charge in [0.2, 0.25) is 0 Å². The third-order valence-electron chi connectivity index (χ3n) is 8.47. The van der Waals surface area contributed by atoms with Crippen molar-refractivity contribution in [2.45, 2.75) is 0 Å². The van der Waals surface area contributed by atoms with Crippen molar-refractivity contribution in [2.75, 3.05) is 58.8 Å². The predicted molar refractivity (Wildman–Crippen MR) is 180 cm³/mol. The molecule has 0 radical (unpaired) electrons. The van der Waals surface area contributed by atoms with Gasteiger partial charge in [-0.2, -0.15) is 5.10 Å². The maximum Gasteiger partial charge on any atom is 0.164 e. The third-order valence-corrected chi connectivity index (χ3v) is 8.47. The average Bonchev–Trinajstić information content (AvgIpc) is 3.53. The first kappa shape index (κ1) is 30.2. The van der Waals surface area contributed by atoms with Gasteiger partial charge in [0, 0.05) is 60.8 Å². The van der Waals surface area contributed by atoms with E-state index in [0.717, 1.165) is 59.5 Å². The number of carboxylic acid groups (broad SMARTS) is 1. The van der Waals surface area contributed by atoms with E-state index in [9.17, 15) is 9.90 Å². The Labute approximate surface area is 272 Å². The van der Waals surface area contributed by atoms with Crippen LogP contribution >= 0.6 is 0 Å². The van der Waals surface area contributed by atoms with Crippen LogP contribution in [0.3, 0.4) is 0 Å². The topological polar surface area (TPSA) is 121 Å². The lowest BCUT2D eigenvalue weighted by Crippen LogP contribution is -2.45. The van der Waals surface area contributed by atoms with Crippen molar-refractivity contribution >= 4 is 39.4 Å². The molecule has 1 fully saturated rings. The van der Waals surface area contributed by atoms with E-state index in [1.165, 1.54) is 6.20 Å². The van der Waals surface area contributed by atoms with E-state index >= 15 is 0 Å². The lowest BCUT2D eigenvalue weighted by molar-refractivity contribution is -0.251. The quantitative estimate of drug-likeness (QED) is 0.237. The molecular weight excluding hydrogens is 594 g/mol. The summed E-state index contributed by atoms with van der Waals surface area (Å²) in [6.45, 7) is 5.43. The monoisotopic (exact) mass is 628 g/mol. The summed E-state index contributed by atoms with van der Waals surface area (Å²) in [6, 6.07) is 27.4. The van der Waals surface area contributed by atoms with Crippen LogP contribution in [0.25, 0.3) is 44.3 Å². The molecule has 3 heterocycles. The maximum absolute atomic E-state index is 11.5. The Morgan fingerprint density at radius 1 is 0.872 bits per heavy atom. The summed E-state index contributed by atoms with van der Waals surface area (Å²) in [6.07, 6.45) is 0.102. The number of methoxy groups -OCH3 is 1. The Morgan fingerprint density at radius 3 is 2.45 bits per heavy atom. The van der Waals surface area contributed by atoms with Crippen molar-refractivity contribution in [1.82, 2.24) is 29.5 Å². The number of benzene rings is 4. The van der Waals surface area contributed by atoms with Gasteiger partial charge in [-0.15, -0.1) is 0 Å². The van der Waals surface area contributed by atoms with Gasteiger partial charge in [0.15, 0.2) is 23.4 Å². The molecule has 238 valence electrons. The number of likely N-dealkylation sites (N-methyl/N-ethyl adjacent to an activating group) is 1. The lowest BCUT2D eigenvalue weighted by atomic mass is 10.0. The number of nitrogens with one attached hydrogen (secondary N) is 1. The number of hydrogen-bond acceptors (Lipinski definition) is 10. The third kappa shape index (κ3) is 6.44. The molecule has 2 aromatic heterocycles. The number of fused-ring (bicyclic) bond motifs is 2. The number of aromatic nitrogens is 4. The molecule has 11 heteroatoms. The van der Waals surface area contributed by atoms with Crippen molar-refractivity contribution in [3.05, 3.63) is 91.1 Å². The van der Waals surface area contributed by atoms with E-state index in [2.05, 4.69) is 51.5 Å². The van der Waals surface area contributed by atoms with Gasteiger partial charge in [-0.05, 0) is 48.5 Å². The number of rotatable bonds is 9.